The van der Waals surface area contributed by atoms with E-state index in [0.717, 1.165) is 37.6 Å². The number of aromatic nitrogens is 4. The topological polar surface area (TPSA) is 80.9 Å². The van der Waals surface area contributed by atoms with Gasteiger partial charge >= 0.3 is 0 Å². The predicted octanol–water partition coefficient (Wildman–Crippen LogP) is 1.21. The molecule has 22 heavy (non-hydrogen) atoms. The van der Waals surface area contributed by atoms with Crippen molar-refractivity contribution in [2.45, 2.75) is 26.3 Å². The fraction of sp³-hybridized carbons (Fsp3) is 0.533. The maximum absolute atomic E-state index is 12.6. The summed E-state index contributed by atoms with van der Waals surface area (Å²) >= 11 is 0. The van der Waals surface area contributed by atoms with E-state index in [0.29, 0.717) is 12.2 Å². The molecule has 2 aromatic rings. The van der Waals surface area contributed by atoms with E-state index in [1.54, 1.807) is 6.20 Å². The molecule has 2 aromatic heterocycles. The van der Waals surface area contributed by atoms with E-state index in [2.05, 4.69) is 32.0 Å². The van der Waals surface area contributed by atoms with Crippen molar-refractivity contribution in [3.05, 3.63) is 35.7 Å². The normalized spacial score (nSPS) is 19.5. The molecular weight excluding hydrogens is 280 g/mol. The number of hydrogen-bond acceptors (Lipinski definition) is 4. The highest BCUT2D eigenvalue weighted by Crippen LogP contribution is 2.23. The van der Waals surface area contributed by atoms with Crippen molar-refractivity contribution in [1.82, 2.24) is 30.0 Å². The number of amides is 1. The molecule has 7 heteroatoms. The Labute approximate surface area is 129 Å². The molecule has 3 heterocycles. The first-order valence-corrected chi connectivity index (χ1v) is 7.79. The fourth-order valence-corrected chi connectivity index (χ4v) is 2.92. The summed E-state index contributed by atoms with van der Waals surface area (Å²) in [6.45, 7) is 7.31. The molecule has 1 amide bonds. The molecule has 1 atom stereocenters. The smallest absolute Gasteiger partial charge is 0.274 e. The molecule has 0 aromatic carbocycles. The number of carbonyl (C=O) groups excluding carboxylic acids is 1. The third kappa shape index (κ3) is 2.76. The van der Waals surface area contributed by atoms with E-state index < -0.39 is 0 Å². The number of aromatic amines is 2. The molecule has 1 aliphatic heterocycles. The van der Waals surface area contributed by atoms with Crippen LogP contribution in [0.5, 0.6) is 0 Å². The zero-order valence-electron chi connectivity index (χ0n) is 13.0. The molecule has 0 aliphatic carbocycles. The first-order valence-electron chi connectivity index (χ1n) is 7.79. The molecule has 1 aliphatic rings. The van der Waals surface area contributed by atoms with Crippen LogP contribution in [0.2, 0.25) is 0 Å². The zero-order valence-corrected chi connectivity index (χ0v) is 13.0. The van der Waals surface area contributed by atoms with Crippen LogP contribution in [-0.2, 0) is 6.42 Å². The van der Waals surface area contributed by atoms with Gasteiger partial charge in [-0.25, -0.2) is 4.98 Å². The lowest BCUT2D eigenvalue weighted by Gasteiger charge is -2.39. The van der Waals surface area contributed by atoms with Crippen LogP contribution in [0, 0.1) is 0 Å². The minimum atomic E-state index is -0.0109. The summed E-state index contributed by atoms with van der Waals surface area (Å²) in [7, 11) is 0. The van der Waals surface area contributed by atoms with Crippen LogP contribution in [0.3, 0.4) is 0 Å². The average molecular weight is 302 g/mol. The number of hydrogen-bond donors (Lipinski definition) is 2. The SMILES string of the molecule is CCc1cc(C(=O)N2CCN(CC)C(c3ncc[nH]3)C2)n[nH]1. The number of nitrogens with one attached hydrogen (secondary N) is 2. The van der Waals surface area contributed by atoms with E-state index in [1.807, 2.05) is 24.1 Å². The van der Waals surface area contributed by atoms with E-state index in [-0.39, 0.29) is 11.9 Å². The average Bonchev–Trinajstić information content (AvgIpc) is 3.24. The van der Waals surface area contributed by atoms with Crippen molar-refractivity contribution >= 4 is 5.91 Å². The van der Waals surface area contributed by atoms with E-state index in [9.17, 15) is 4.79 Å². The highest BCUT2D eigenvalue weighted by Gasteiger charge is 2.32. The predicted molar refractivity (Wildman–Crippen MR) is 82.4 cm³/mol. The molecule has 1 saturated heterocycles. The first kappa shape index (κ1) is 14.8. The summed E-state index contributed by atoms with van der Waals surface area (Å²) in [5.74, 6) is 0.902. The van der Waals surface area contributed by atoms with Crippen molar-refractivity contribution in [3.63, 3.8) is 0 Å². The van der Waals surface area contributed by atoms with Gasteiger partial charge in [0.1, 0.15) is 11.5 Å². The lowest BCUT2D eigenvalue weighted by molar-refractivity contribution is 0.0474. The molecule has 7 nitrogen and oxygen atoms in total. The van der Waals surface area contributed by atoms with Gasteiger partial charge in [0.2, 0.25) is 0 Å². The Morgan fingerprint density at radius 1 is 1.41 bits per heavy atom. The fourth-order valence-electron chi connectivity index (χ4n) is 2.92. The van der Waals surface area contributed by atoms with Crippen molar-refractivity contribution in [2.75, 3.05) is 26.2 Å². The number of carbonyl (C=O) groups is 1. The van der Waals surface area contributed by atoms with Crippen molar-refractivity contribution in [1.29, 1.82) is 0 Å². The maximum Gasteiger partial charge on any atom is 0.274 e. The highest BCUT2D eigenvalue weighted by molar-refractivity contribution is 5.92. The molecule has 0 saturated carbocycles. The van der Waals surface area contributed by atoms with Crippen LogP contribution in [-0.4, -0.2) is 62.1 Å². The Bertz CT molecular complexity index is 620. The van der Waals surface area contributed by atoms with Gasteiger partial charge in [-0.1, -0.05) is 13.8 Å². The highest BCUT2D eigenvalue weighted by atomic mass is 16.2. The minimum absolute atomic E-state index is 0.0109. The molecule has 0 bridgehead atoms. The summed E-state index contributed by atoms with van der Waals surface area (Å²) in [5, 5.41) is 7.04. The van der Waals surface area contributed by atoms with Gasteiger partial charge in [0.05, 0.1) is 6.04 Å². The number of piperazine rings is 1. The van der Waals surface area contributed by atoms with E-state index in [4.69, 9.17) is 0 Å². The Hall–Kier alpha value is -2.15. The number of likely N-dealkylation sites (N-methyl/N-ethyl adjacent to an activating group) is 1. The second-order valence-electron chi connectivity index (χ2n) is 5.50. The Balaban J connectivity index is 1.76. The molecule has 2 N–H and O–H groups in total. The molecule has 118 valence electrons. The Morgan fingerprint density at radius 3 is 2.91 bits per heavy atom. The second-order valence-corrected chi connectivity index (χ2v) is 5.50. The van der Waals surface area contributed by atoms with E-state index in [1.165, 1.54) is 0 Å². The van der Waals surface area contributed by atoms with Crippen LogP contribution < -0.4 is 0 Å². The van der Waals surface area contributed by atoms with E-state index >= 15 is 0 Å². The van der Waals surface area contributed by atoms with Crippen LogP contribution in [0.1, 0.15) is 41.9 Å². The van der Waals surface area contributed by atoms with Crippen LogP contribution in [0.15, 0.2) is 18.5 Å². The Kier molecular flexibility index (Phi) is 4.24. The maximum atomic E-state index is 12.6. The standard InChI is InChI=1S/C15H22N6O/c1-3-11-9-12(19-18-11)15(22)21-8-7-20(4-2)13(10-21)14-16-5-6-17-14/h5-6,9,13H,3-4,7-8,10H2,1-2H3,(H,16,17)(H,18,19). The first-order chi connectivity index (χ1) is 10.7. The van der Waals surface area contributed by atoms with Gasteiger partial charge in [0, 0.05) is 37.7 Å². The third-order valence-corrected chi connectivity index (χ3v) is 4.25. The Morgan fingerprint density at radius 2 is 2.27 bits per heavy atom. The zero-order chi connectivity index (χ0) is 15.5. The summed E-state index contributed by atoms with van der Waals surface area (Å²) < 4.78 is 0. The quantitative estimate of drug-likeness (QED) is 0.889. The van der Waals surface area contributed by atoms with Gasteiger partial charge in [-0.05, 0) is 19.0 Å². The molecular formula is C15H22N6O. The molecule has 0 radical (unpaired) electrons. The molecule has 0 spiro atoms. The number of rotatable bonds is 4. The largest absolute Gasteiger partial charge is 0.347 e. The lowest BCUT2D eigenvalue weighted by Crippen LogP contribution is -2.50. The number of nitrogens with zero attached hydrogens (tertiary/aromatic N) is 4. The van der Waals surface area contributed by atoms with Gasteiger partial charge in [-0.2, -0.15) is 5.10 Å². The summed E-state index contributed by atoms with van der Waals surface area (Å²) in [6.07, 6.45) is 4.43. The van der Waals surface area contributed by atoms with Crippen molar-refractivity contribution < 1.29 is 4.79 Å². The summed E-state index contributed by atoms with van der Waals surface area (Å²) in [4.78, 5) is 24.4. The number of imidazole rings is 1. The van der Waals surface area contributed by atoms with Crippen molar-refractivity contribution in [2.24, 2.45) is 0 Å². The van der Waals surface area contributed by atoms with Crippen molar-refractivity contribution in [3.8, 4) is 0 Å². The number of H-pyrrole nitrogens is 2. The van der Waals surface area contributed by atoms with Crippen LogP contribution in [0.25, 0.3) is 0 Å². The molecule has 1 fully saturated rings. The van der Waals surface area contributed by atoms with Gasteiger partial charge in [0.25, 0.3) is 5.91 Å². The van der Waals surface area contributed by atoms with Gasteiger partial charge in [0.15, 0.2) is 0 Å². The lowest BCUT2D eigenvalue weighted by atomic mass is 10.1. The summed E-state index contributed by atoms with van der Waals surface area (Å²) in [5.41, 5.74) is 1.48. The third-order valence-electron chi connectivity index (χ3n) is 4.25. The van der Waals surface area contributed by atoms with Crippen LogP contribution in [0.4, 0.5) is 0 Å². The minimum Gasteiger partial charge on any atom is -0.347 e. The van der Waals surface area contributed by atoms with Gasteiger partial charge in [-0.3, -0.25) is 14.8 Å². The second kappa shape index (κ2) is 6.31. The molecule has 3 rings (SSSR count). The van der Waals surface area contributed by atoms with Gasteiger partial charge in [-0.15, -0.1) is 0 Å². The van der Waals surface area contributed by atoms with Crippen LogP contribution >= 0.6 is 0 Å². The monoisotopic (exact) mass is 302 g/mol. The molecule has 1 unspecified atom stereocenters. The number of aryl methyl sites for hydroxylation is 1. The van der Waals surface area contributed by atoms with Gasteiger partial charge < -0.3 is 9.88 Å². The summed E-state index contributed by atoms with van der Waals surface area (Å²) in [6, 6.07) is 1.96.